The number of H-pyrrole nitrogens is 1. The highest BCUT2D eigenvalue weighted by Crippen LogP contribution is 2.18. The Morgan fingerprint density at radius 3 is 2.67 bits per heavy atom. The summed E-state index contributed by atoms with van der Waals surface area (Å²) in [6, 6.07) is 5.78. The average Bonchev–Trinajstić information content (AvgIpc) is 2.27. The van der Waals surface area contributed by atoms with Crippen LogP contribution in [0.1, 0.15) is 17.4 Å². The van der Waals surface area contributed by atoms with E-state index in [1.807, 2.05) is 0 Å². The van der Waals surface area contributed by atoms with Gasteiger partial charge in [-0.3, -0.25) is 9.59 Å². The fraction of sp³-hybridized carbons (Fsp3) is 0.0833. The lowest BCUT2D eigenvalue weighted by molar-refractivity contribution is -0.114. The zero-order chi connectivity index (χ0) is 13.3. The smallest absolute Gasteiger partial charge is 0.352 e. The molecule has 0 bridgehead atoms. The highest BCUT2D eigenvalue weighted by Gasteiger charge is 2.11. The van der Waals surface area contributed by atoms with E-state index in [0.29, 0.717) is 11.2 Å². The molecule has 0 unspecified atom stereocenters. The van der Waals surface area contributed by atoms with Crippen LogP contribution < -0.4 is 10.7 Å². The summed E-state index contributed by atoms with van der Waals surface area (Å²) in [6.45, 7) is 1.33. The third kappa shape index (κ3) is 2.08. The van der Waals surface area contributed by atoms with Crippen LogP contribution in [0.4, 0.5) is 5.69 Å². The summed E-state index contributed by atoms with van der Waals surface area (Å²) in [5.74, 6) is -1.51. The first-order valence-electron chi connectivity index (χ1n) is 5.16. The maximum Gasteiger partial charge on any atom is 0.352 e. The van der Waals surface area contributed by atoms with Gasteiger partial charge in [-0.15, -0.1) is 0 Å². The van der Waals surface area contributed by atoms with Crippen molar-refractivity contribution in [2.24, 2.45) is 0 Å². The van der Waals surface area contributed by atoms with Crippen molar-refractivity contribution in [3.8, 4) is 0 Å². The number of carboxylic acid groups (broad SMARTS) is 1. The second kappa shape index (κ2) is 4.33. The third-order valence-corrected chi connectivity index (χ3v) is 2.40. The summed E-state index contributed by atoms with van der Waals surface area (Å²) in [6.07, 6.45) is 0. The van der Waals surface area contributed by atoms with Gasteiger partial charge in [-0.2, -0.15) is 0 Å². The number of aromatic nitrogens is 1. The lowest BCUT2D eigenvalue weighted by Crippen LogP contribution is -2.13. The minimum absolute atomic E-state index is 0.188. The molecular weight excluding hydrogens is 236 g/mol. The molecule has 0 radical (unpaired) electrons. The van der Waals surface area contributed by atoms with Crippen LogP contribution in [0.3, 0.4) is 0 Å². The van der Waals surface area contributed by atoms with Crippen LogP contribution in [0.15, 0.2) is 29.1 Å². The van der Waals surface area contributed by atoms with Gasteiger partial charge in [0, 0.05) is 13.0 Å². The van der Waals surface area contributed by atoms with Gasteiger partial charge in [0.25, 0.3) is 0 Å². The van der Waals surface area contributed by atoms with Gasteiger partial charge in [-0.05, 0) is 12.1 Å². The molecule has 1 aromatic heterocycles. The van der Waals surface area contributed by atoms with Gasteiger partial charge in [0.05, 0.1) is 16.6 Å². The normalized spacial score (nSPS) is 10.3. The minimum atomic E-state index is -1.21. The van der Waals surface area contributed by atoms with Crippen LogP contribution >= 0.6 is 0 Å². The Hall–Kier alpha value is -2.63. The summed E-state index contributed by atoms with van der Waals surface area (Å²) in [5.41, 5.74) is 0.0855. The largest absolute Gasteiger partial charge is 0.477 e. The SMILES string of the molecule is CC(=O)Nc1cccc2[nH]c(C(=O)O)cc(=O)c12. The lowest BCUT2D eigenvalue weighted by atomic mass is 10.1. The fourth-order valence-corrected chi connectivity index (χ4v) is 1.72. The first kappa shape index (κ1) is 11.8. The number of nitrogens with one attached hydrogen (secondary N) is 2. The number of hydrogen-bond acceptors (Lipinski definition) is 3. The highest BCUT2D eigenvalue weighted by atomic mass is 16.4. The first-order valence-corrected chi connectivity index (χ1v) is 5.16. The number of benzene rings is 1. The number of anilines is 1. The molecule has 0 aliphatic rings. The number of aromatic carboxylic acids is 1. The Morgan fingerprint density at radius 1 is 1.33 bits per heavy atom. The predicted octanol–water partition coefficient (Wildman–Crippen LogP) is 1.18. The Balaban J connectivity index is 2.75. The number of hydrogen-bond donors (Lipinski definition) is 3. The van der Waals surface area contributed by atoms with Crippen molar-refractivity contribution < 1.29 is 14.7 Å². The average molecular weight is 246 g/mol. The van der Waals surface area contributed by atoms with Gasteiger partial charge in [0.2, 0.25) is 5.91 Å². The fourth-order valence-electron chi connectivity index (χ4n) is 1.72. The standard InChI is InChI=1S/C12H10N2O4/c1-6(15)13-7-3-2-4-8-11(7)10(16)5-9(14-8)12(17)18/h2-5H,1H3,(H,13,15)(H,14,16)(H,17,18). The van der Waals surface area contributed by atoms with E-state index >= 15 is 0 Å². The molecule has 2 rings (SSSR count). The summed E-state index contributed by atoms with van der Waals surface area (Å²) in [5, 5.41) is 11.6. The minimum Gasteiger partial charge on any atom is -0.477 e. The van der Waals surface area contributed by atoms with Gasteiger partial charge in [-0.1, -0.05) is 6.07 Å². The maximum atomic E-state index is 11.9. The van der Waals surface area contributed by atoms with E-state index in [-0.39, 0.29) is 17.0 Å². The second-order valence-electron chi connectivity index (χ2n) is 3.76. The lowest BCUT2D eigenvalue weighted by Gasteiger charge is -2.06. The quantitative estimate of drug-likeness (QED) is 0.740. The van der Waals surface area contributed by atoms with E-state index in [2.05, 4.69) is 10.3 Å². The van der Waals surface area contributed by atoms with Crippen molar-refractivity contribution in [3.63, 3.8) is 0 Å². The summed E-state index contributed by atoms with van der Waals surface area (Å²) >= 11 is 0. The number of pyridine rings is 1. The van der Waals surface area contributed by atoms with Crippen LogP contribution in [0.2, 0.25) is 0 Å². The summed E-state index contributed by atoms with van der Waals surface area (Å²) in [4.78, 5) is 36.3. The van der Waals surface area contributed by atoms with Crippen LogP contribution in [-0.2, 0) is 4.79 Å². The Kier molecular flexibility index (Phi) is 2.85. The van der Waals surface area contributed by atoms with E-state index < -0.39 is 11.4 Å². The Morgan fingerprint density at radius 2 is 2.06 bits per heavy atom. The second-order valence-corrected chi connectivity index (χ2v) is 3.76. The molecule has 1 aromatic carbocycles. The number of fused-ring (bicyclic) bond motifs is 1. The number of amides is 1. The molecule has 0 atom stereocenters. The number of aromatic amines is 1. The van der Waals surface area contributed by atoms with E-state index in [0.717, 1.165) is 6.07 Å². The zero-order valence-corrected chi connectivity index (χ0v) is 9.48. The van der Waals surface area contributed by atoms with E-state index in [1.165, 1.54) is 6.92 Å². The number of carboxylic acids is 1. The molecule has 0 fully saturated rings. The molecule has 0 saturated heterocycles. The molecule has 0 saturated carbocycles. The monoisotopic (exact) mass is 246 g/mol. The summed E-state index contributed by atoms with van der Waals surface area (Å²) in [7, 11) is 0. The molecule has 92 valence electrons. The molecule has 0 aliphatic heterocycles. The van der Waals surface area contributed by atoms with E-state index in [1.54, 1.807) is 18.2 Å². The van der Waals surface area contributed by atoms with E-state index in [9.17, 15) is 14.4 Å². The number of carbonyl (C=O) groups is 2. The van der Waals surface area contributed by atoms with Gasteiger partial charge in [0.1, 0.15) is 5.69 Å². The Labute approximate surface area is 101 Å². The third-order valence-electron chi connectivity index (χ3n) is 2.40. The topological polar surface area (TPSA) is 99.3 Å². The van der Waals surface area contributed by atoms with Gasteiger partial charge >= 0.3 is 5.97 Å². The number of carbonyl (C=O) groups excluding carboxylic acids is 1. The van der Waals surface area contributed by atoms with Crippen molar-refractivity contribution in [2.75, 3.05) is 5.32 Å². The molecular formula is C12H10N2O4. The zero-order valence-electron chi connectivity index (χ0n) is 9.48. The molecule has 6 nitrogen and oxygen atoms in total. The number of rotatable bonds is 2. The predicted molar refractivity (Wildman–Crippen MR) is 65.8 cm³/mol. The molecule has 18 heavy (non-hydrogen) atoms. The van der Waals surface area contributed by atoms with Crippen molar-refractivity contribution >= 4 is 28.5 Å². The van der Waals surface area contributed by atoms with Crippen molar-refractivity contribution in [3.05, 3.63) is 40.2 Å². The van der Waals surface area contributed by atoms with Crippen molar-refractivity contribution in [1.82, 2.24) is 4.98 Å². The summed E-state index contributed by atoms with van der Waals surface area (Å²) < 4.78 is 0. The molecule has 3 N–H and O–H groups in total. The molecule has 2 aromatic rings. The maximum absolute atomic E-state index is 11.9. The molecule has 1 heterocycles. The van der Waals surface area contributed by atoms with Crippen molar-refractivity contribution in [2.45, 2.75) is 6.92 Å². The molecule has 6 heteroatoms. The van der Waals surface area contributed by atoms with Crippen LogP contribution in [0, 0.1) is 0 Å². The van der Waals surface area contributed by atoms with Crippen molar-refractivity contribution in [1.29, 1.82) is 0 Å². The molecule has 0 spiro atoms. The van der Waals surface area contributed by atoms with E-state index in [4.69, 9.17) is 5.11 Å². The van der Waals surface area contributed by atoms with Gasteiger partial charge in [-0.25, -0.2) is 4.79 Å². The van der Waals surface area contributed by atoms with Gasteiger partial charge in [0.15, 0.2) is 5.43 Å². The first-order chi connectivity index (χ1) is 8.49. The molecule has 1 amide bonds. The van der Waals surface area contributed by atoms with Gasteiger partial charge < -0.3 is 15.4 Å². The highest BCUT2D eigenvalue weighted by molar-refractivity contribution is 6.01. The van der Waals surface area contributed by atoms with Crippen LogP contribution in [0.5, 0.6) is 0 Å². The van der Waals surface area contributed by atoms with Crippen LogP contribution in [-0.4, -0.2) is 22.0 Å². The van der Waals surface area contributed by atoms with Crippen LogP contribution in [0.25, 0.3) is 10.9 Å². The Bertz CT molecular complexity index is 703. The molecule has 0 aliphatic carbocycles.